The molecule has 1 aromatic rings. The van der Waals surface area contributed by atoms with Gasteiger partial charge in [-0.2, -0.15) is 0 Å². The Labute approximate surface area is 130 Å². The van der Waals surface area contributed by atoms with Gasteiger partial charge in [0, 0.05) is 17.7 Å². The van der Waals surface area contributed by atoms with Crippen molar-refractivity contribution < 1.29 is 14.3 Å². The van der Waals surface area contributed by atoms with Crippen molar-refractivity contribution in [2.24, 2.45) is 0 Å². The highest BCUT2D eigenvalue weighted by Crippen LogP contribution is 2.37. The van der Waals surface area contributed by atoms with Crippen LogP contribution in [0.2, 0.25) is 5.02 Å². The third kappa shape index (κ3) is 4.25. The number of hydrogen-bond donors (Lipinski definition) is 2. The van der Waals surface area contributed by atoms with E-state index in [0.717, 1.165) is 6.42 Å². The third-order valence-corrected chi connectivity index (χ3v) is 3.83. The van der Waals surface area contributed by atoms with Crippen molar-refractivity contribution in [2.45, 2.75) is 32.7 Å². The van der Waals surface area contributed by atoms with Gasteiger partial charge in [0.1, 0.15) is 13.2 Å². The fourth-order valence-electron chi connectivity index (χ4n) is 1.80. The molecule has 5 nitrogen and oxygen atoms in total. The van der Waals surface area contributed by atoms with E-state index in [0.29, 0.717) is 35.4 Å². The Balaban J connectivity index is 2.01. The van der Waals surface area contributed by atoms with Crippen molar-refractivity contribution in [3.8, 4) is 11.5 Å². The normalized spacial score (nSPS) is 13.9. The highest BCUT2D eigenvalue weighted by atomic mass is 35.5. The number of carbonyl (C=O) groups excluding carboxylic acids is 1. The minimum Gasteiger partial charge on any atom is -0.486 e. The number of ether oxygens (including phenoxy) is 2. The van der Waals surface area contributed by atoms with Gasteiger partial charge in [0.2, 0.25) is 5.91 Å². The summed E-state index contributed by atoms with van der Waals surface area (Å²) < 4.78 is 10.9. The molecule has 1 heterocycles. The summed E-state index contributed by atoms with van der Waals surface area (Å²) in [5, 5.41) is 6.42. The van der Waals surface area contributed by atoms with Crippen molar-refractivity contribution in [3.05, 3.63) is 17.2 Å². The summed E-state index contributed by atoms with van der Waals surface area (Å²) >= 11 is 6.15. The quantitative estimate of drug-likeness (QED) is 0.877. The Kier molecular flexibility index (Phi) is 4.96. The molecule has 0 spiro atoms. The van der Waals surface area contributed by atoms with Gasteiger partial charge in [0.15, 0.2) is 11.5 Å². The van der Waals surface area contributed by atoms with Crippen molar-refractivity contribution >= 4 is 23.2 Å². The molecule has 2 N–H and O–H groups in total. The smallest absolute Gasteiger partial charge is 0.238 e. The SMILES string of the molecule is CCC(C)(C)NCC(=O)Nc1cc2c(cc1Cl)OCCO2. The minimum absolute atomic E-state index is 0.0755. The van der Waals surface area contributed by atoms with Gasteiger partial charge in [-0.3, -0.25) is 4.79 Å². The molecule has 0 aliphatic carbocycles. The molecule has 0 radical (unpaired) electrons. The Morgan fingerprint density at radius 1 is 1.29 bits per heavy atom. The van der Waals surface area contributed by atoms with Crippen molar-refractivity contribution in [2.75, 3.05) is 25.1 Å². The lowest BCUT2D eigenvalue weighted by molar-refractivity contribution is -0.115. The maximum Gasteiger partial charge on any atom is 0.238 e. The lowest BCUT2D eigenvalue weighted by Gasteiger charge is -2.24. The number of halogens is 1. The number of nitrogens with one attached hydrogen (secondary N) is 2. The van der Waals surface area contributed by atoms with Crippen LogP contribution in [0.1, 0.15) is 27.2 Å². The minimum atomic E-state index is -0.143. The van der Waals surface area contributed by atoms with Gasteiger partial charge in [-0.25, -0.2) is 0 Å². The molecular weight excluding hydrogens is 292 g/mol. The van der Waals surface area contributed by atoms with Crippen LogP contribution in [0.5, 0.6) is 11.5 Å². The first kappa shape index (κ1) is 15.9. The predicted molar refractivity (Wildman–Crippen MR) is 83.4 cm³/mol. The Morgan fingerprint density at radius 3 is 2.52 bits per heavy atom. The molecule has 0 saturated heterocycles. The molecule has 0 saturated carbocycles. The van der Waals surface area contributed by atoms with Crippen molar-refractivity contribution in [3.63, 3.8) is 0 Å². The largest absolute Gasteiger partial charge is 0.486 e. The molecule has 0 aromatic heterocycles. The first-order chi connectivity index (χ1) is 9.91. The number of carbonyl (C=O) groups is 1. The van der Waals surface area contributed by atoms with Gasteiger partial charge >= 0.3 is 0 Å². The molecular formula is C15H21ClN2O3. The van der Waals surface area contributed by atoms with E-state index in [2.05, 4.69) is 31.4 Å². The lowest BCUT2D eigenvalue weighted by Crippen LogP contribution is -2.43. The molecule has 6 heteroatoms. The summed E-state index contributed by atoms with van der Waals surface area (Å²) in [5.41, 5.74) is 0.454. The van der Waals surface area contributed by atoms with Crippen LogP contribution in [0.4, 0.5) is 5.69 Å². The molecule has 1 aliphatic rings. The van der Waals surface area contributed by atoms with Gasteiger partial charge in [-0.15, -0.1) is 0 Å². The van der Waals surface area contributed by atoms with Gasteiger partial charge in [-0.05, 0) is 20.3 Å². The summed E-state index contributed by atoms with van der Waals surface area (Å²) in [7, 11) is 0. The number of amides is 1. The summed E-state index contributed by atoms with van der Waals surface area (Å²) in [6, 6.07) is 3.36. The van der Waals surface area contributed by atoms with Crippen LogP contribution in [0.3, 0.4) is 0 Å². The van der Waals surface area contributed by atoms with E-state index >= 15 is 0 Å². The van der Waals surface area contributed by atoms with Gasteiger partial charge in [0.05, 0.1) is 17.3 Å². The molecule has 1 aliphatic heterocycles. The Hall–Kier alpha value is -1.46. The fraction of sp³-hybridized carbons (Fsp3) is 0.533. The third-order valence-electron chi connectivity index (χ3n) is 3.52. The number of fused-ring (bicyclic) bond motifs is 1. The summed E-state index contributed by atoms with van der Waals surface area (Å²) in [5.74, 6) is 1.06. The first-order valence-electron chi connectivity index (χ1n) is 7.05. The molecule has 1 aromatic carbocycles. The van der Waals surface area contributed by atoms with Crippen molar-refractivity contribution in [1.29, 1.82) is 0 Å². The lowest BCUT2D eigenvalue weighted by atomic mass is 10.0. The van der Waals surface area contributed by atoms with Crippen LogP contribution >= 0.6 is 11.6 Å². The van der Waals surface area contributed by atoms with Crippen LogP contribution < -0.4 is 20.1 Å². The van der Waals surface area contributed by atoms with E-state index in [1.165, 1.54) is 0 Å². The zero-order chi connectivity index (χ0) is 15.5. The highest BCUT2D eigenvalue weighted by Gasteiger charge is 2.18. The predicted octanol–water partition coefficient (Wildman–Crippen LogP) is 2.83. The average molecular weight is 313 g/mol. The number of anilines is 1. The number of benzene rings is 1. The molecule has 0 fully saturated rings. The van der Waals surface area contributed by atoms with Gasteiger partial charge in [-0.1, -0.05) is 18.5 Å². The summed E-state index contributed by atoms with van der Waals surface area (Å²) in [6.45, 7) is 7.40. The number of hydrogen-bond acceptors (Lipinski definition) is 4. The molecule has 21 heavy (non-hydrogen) atoms. The Morgan fingerprint density at radius 2 is 1.90 bits per heavy atom. The Bertz CT molecular complexity index is 532. The van der Waals surface area contributed by atoms with E-state index in [1.54, 1.807) is 12.1 Å². The molecule has 0 atom stereocenters. The maximum atomic E-state index is 12.0. The molecule has 1 amide bonds. The fourth-order valence-corrected chi connectivity index (χ4v) is 2.00. The first-order valence-corrected chi connectivity index (χ1v) is 7.43. The maximum absolute atomic E-state index is 12.0. The second-order valence-corrected chi connectivity index (χ2v) is 6.02. The van der Waals surface area contributed by atoms with Crippen LogP contribution in [0, 0.1) is 0 Å². The molecule has 2 rings (SSSR count). The van der Waals surface area contributed by atoms with E-state index < -0.39 is 0 Å². The summed E-state index contributed by atoms with van der Waals surface area (Å²) in [6.07, 6.45) is 0.936. The molecule has 116 valence electrons. The zero-order valence-corrected chi connectivity index (χ0v) is 13.3. The van der Waals surface area contributed by atoms with E-state index in [4.69, 9.17) is 21.1 Å². The van der Waals surface area contributed by atoms with Crippen LogP contribution in [-0.4, -0.2) is 31.2 Å². The van der Waals surface area contributed by atoms with E-state index in [9.17, 15) is 4.79 Å². The van der Waals surface area contributed by atoms with Crippen LogP contribution in [-0.2, 0) is 4.79 Å². The van der Waals surface area contributed by atoms with Crippen LogP contribution in [0.15, 0.2) is 12.1 Å². The van der Waals surface area contributed by atoms with E-state index in [1.807, 2.05) is 0 Å². The average Bonchev–Trinajstić information content (AvgIpc) is 2.46. The second kappa shape index (κ2) is 6.54. The van der Waals surface area contributed by atoms with Gasteiger partial charge in [0.25, 0.3) is 0 Å². The van der Waals surface area contributed by atoms with E-state index in [-0.39, 0.29) is 18.0 Å². The monoisotopic (exact) mass is 312 g/mol. The summed E-state index contributed by atoms with van der Waals surface area (Å²) in [4.78, 5) is 12.0. The highest BCUT2D eigenvalue weighted by molar-refractivity contribution is 6.34. The standard InChI is InChI=1S/C15H21ClN2O3/c1-4-15(2,3)17-9-14(19)18-11-8-13-12(7-10(11)16)20-5-6-21-13/h7-8,17H,4-6,9H2,1-3H3,(H,18,19). The topological polar surface area (TPSA) is 59.6 Å². The zero-order valence-electron chi connectivity index (χ0n) is 12.6. The van der Waals surface area contributed by atoms with Crippen molar-refractivity contribution in [1.82, 2.24) is 5.32 Å². The van der Waals surface area contributed by atoms with Crippen LogP contribution in [0.25, 0.3) is 0 Å². The molecule has 0 unspecified atom stereocenters. The van der Waals surface area contributed by atoms with Gasteiger partial charge < -0.3 is 20.1 Å². The number of rotatable bonds is 5. The molecule has 0 bridgehead atoms. The second-order valence-electron chi connectivity index (χ2n) is 5.61.